The predicted octanol–water partition coefficient (Wildman–Crippen LogP) is 2.61. The third-order valence-corrected chi connectivity index (χ3v) is 4.99. The Labute approximate surface area is 129 Å². The molecule has 0 radical (unpaired) electrons. The summed E-state index contributed by atoms with van der Waals surface area (Å²) in [5, 5.41) is 4.03. The second kappa shape index (κ2) is 5.75. The first-order chi connectivity index (χ1) is 10.1. The highest BCUT2D eigenvalue weighted by molar-refractivity contribution is 7.19. The molecule has 1 aromatic rings. The normalized spacial score (nSPS) is 18.3. The van der Waals surface area contributed by atoms with Crippen LogP contribution in [0.2, 0.25) is 0 Å². The fraction of sp³-hybridized carbons (Fsp3) is 0.667. The minimum Gasteiger partial charge on any atom is -0.486 e. The molecule has 0 atom stereocenters. The van der Waals surface area contributed by atoms with Gasteiger partial charge in [0.1, 0.15) is 15.6 Å². The molecule has 116 valence electrons. The van der Waals surface area contributed by atoms with Gasteiger partial charge in [0.05, 0.1) is 6.10 Å². The predicted molar refractivity (Wildman–Crippen MR) is 86.4 cm³/mol. The van der Waals surface area contributed by atoms with Crippen LogP contribution in [0, 0.1) is 0 Å². The van der Waals surface area contributed by atoms with Gasteiger partial charge in [0, 0.05) is 19.1 Å². The first-order valence-electron chi connectivity index (χ1n) is 7.71. The largest absolute Gasteiger partial charge is 0.486 e. The number of amides is 1. The lowest BCUT2D eigenvalue weighted by Crippen LogP contribution is -2.25. The zero-order chi connectivity index (χ0) is 15.0. The highest BCUT2D eigenvalue weighted by Gasteiger charge is 2.30. The van der Waals surface area contributed by atoms with Crippen molar-refractivity contribution < 1.29 is 9.53 Å². The van der Waals surface area contributed by atoms with E-state index in [1.807, 2.05) is 13.8 Å². The SMILES string of the molecule is CC(C)Oc1c(N2CCCC2)sc(C(=O)NC2CC2)c1N. The van der Waals surface area contributed by atoms with Crippen molar-refractivity contribution in [3.05, 3.63) is 4.88 Å². The number of nitrogens with two attached hydrogens (primary N) is 1. The first-order valence-corrected chi connectivity index (χ1v) is 8.52. The van der Waals surface area contributed by atoms with Crippen LogP contribution in [0.25, 0.3) is 0 Å². The van der Waals surface area contributed by atoms with Crippen molar-refractivity contribution >= 4 is 27.9 Å². The van der Waals surface area contributed by atoms with Crippen molar-refractivity contribution in [2.24, 2.45) is 0 Å². The monoisotopic (exact) mass is 309 g/mol. The van der Waals surface area contributed by atoms with Gasteiger partial charge in [-0.3, -0.25) is 4.79 Å². The van der Waals surface area contributed by atoms with Crippen LogP contribution in [0.3, 0.4) is 0 Å². The van der Waals surface area contributed by atoms with Crippen LogP contribution >= 0.6 is 11.3 Å². The summed E-state index contributed by atoms with van der Waals surface area (Å²) in [5.41, 5.74) is 6.71. The number of nitrogens with one attached hydrogen (secondary N) is 1. The van der Waals surface area contributed by atoms with Crippen molar-refractivity contribution in [1.82, 2.24) is 5.32 Å². The Bertz CT molecular complexity index is 531. The van der Waals surface area contributed by atoms with E-state index < -0.39 is 0 Å². The number of anilines is 2. The van der Waals surface area contributed by atoms with Crippen LogP contribution in [-0.4, -0.2) is 31.1 Å². The molecule has 2 fully saturated rings. The van der Waals surface area contributed by atoms with Gasteiger partial charge >= 0.3 is 0 Å². The summed E-state index contributed by atoms with van der Waals surface area (Å²) in [6.45, 7) is 5.99. The van der Waals surface area contributed by atoms with Crippen LogP contribution in [0.4, 0.5) is 10.7 Å². The molecule has 1 aliphatic heterocycles. The molecule has 1 saturated heterocycles. The van der Waals surface area contributed by atoms with Gasteiger partial charge in [-0.2, -0.15) is 0 Å². The average molecular weight is 309 g/mol. The van der Waals surface area contributed by atoms with Gasteiger partial charge in [0.15, 0.2) is 5.75 Å². The highest BCUT2D eigenvalue weighted by atomic mass is 32.1. The topological polar surface area (TPSA) is 67.6 Å². The van der Waals surface area contributed by atoms with E-state index in [1.165, 1.54) is 24.2 Å². The maximum Gasteiger partial charge on any atom is 0.263 e. The van der Waals surface area contributed by atoms with Crippen LogP contribution in [0.5, 0.6) is 5.75 Å². The zero-order valence-corrected chi connectivity index (χ0v) is 13.5. The summed E-state index contributed by atoms with van der Waals surface area (Å²) in [7, 11) is 0. The molecule has 0 bridgehead atoms. The first kappa shape index (κ1) is 14.5. The molecule has 0 spiro atoms. The maximum absolute atomic E-state index is 12.3. The molecule has 2 heterocycles. The molecule has 6 heteroatoms. The van der Waals surface area contributed by atoms with E-state index in [2.05, 4.69) is 10.2 Å². The second-order valence-corrected chi connectivity index (χ2v) is 7.09. The zero-order valence-electron chi connectivity index (χ0n) is 12.6. The number of nitrogens with zero attached hydrogens (tertiary/aromatic N) is 1. The molecule has 3 N–H and O–H groups in total. The van der Waals surface area contributed by atoms with E-state index in [9.17, 15) is 4.79 Å². The van der Waals surface area contributed by atoms with Gasteiger partial charge in [-0.05, 0) is 39.5 Å². The van der Waals surface area contributed by atoms with Gasteiger partial charge in [0.25, 0.3) is 5.91 Å². The molecule has 0 unspecified atom stereocenters. The number of thiophene rings is 1. The number of carbonyl (C=O) groups excluding carboxylic acids is 1. The summed E-state index contributed by atoms with van der Waals surface area (Å²) in [6, 6.07) is 0.337. The van der Waals surface area contributed by atoms with Gasteiger partial charge in [-0.25, -0.2) is 0 Å². The minimum absolute atomic E-state index is 0.0441. The molecule has 1 amide bonds. The smallest absolute Gasteiger partial charge is 0.263 e. The Balaban J connectivity index is 1.90. The van der Waals surface area contributed by atoms with Crippen molar-refractivity contribution in [2.75, 3.05) is 23.7 Å². The van der Waals surface area contributed by atoms with E-state index >= 15 is 0 Å². The number of rotatable bonds is 5. The summed E-state index contributed by atoms with van der Waals surface area (Å²) < 4.78 is 5.90. The fourth-order valence-corrected chi connectivity index (χ4v) is 3.65. The van der Waals surface area contributed by atoms with Crippen molar-refractivity contribution in [3.63, 3.8) is 0 Å². The van der Waals surface area contributed by atoms with Gasteiger partial charge in [-0.15, -0.1) is 11.3 Å². The van der Waals surface area contributed by atoms with Gasteiger partial charge < -0.3 is 20.7 Å². The third-order valence-electron chi connectivity index (χ3n) is 3.75. The second-order valence-electron chi connectivity index (χ2n) is 6.09. The summed E-state index contributed by atoms with van der Waals surface area (Å²) in [6.07, 6.45) is 4.56. The lowest BCUT2D eigenvalue weighted by Gasteiger charge is -2.19. The molecule has 1 aromatic heterocycles. The van der Waals surface area contributed by atoms with Crippen LogP contribution in [0.1, 0.15) is 49.2 Å². The molecule has 2 aliphatic rings. The number of ether oxygens (including phenoxy) is 1. The van der Waals surface area contributed by atoms with Gasteiger partial charge in [-0.1, -0.05) is 0 Å². The Morgan fingerprint density at radius 3 is 2.62 bits per heavy atom. The summed E-state index contributed by atoms with van der Waals surface area (Å²) >= 11 is 1.47. The molecule has 5 nitrogen and oxygen atoms in total. The molecular formula is C15H23N3O2S. The highest BCUT2D eigenvalue weighted by Crippen LogP contribution is 2.46. The van der Waals surface area contributed by atoms with E-state index in [0.717, 1.165) is 30.9 Å². The van der Waals surface area contributed by atoms with Crippen LogP contribution in [-0.2, 0) is 0 Å². The lowest BCUT2D eigenvalue weighted by molar-refractivity contribution is 0.0955. The maximum atomic E-state index is 12.3. The van der Waals surface area contributed by atoms with Gasteiger partial charge in [0.2, 0.25) is 0 Å². The Morgan fingerprint density at radius 2 is 2.05 bits per heavy atom. The van der Waals surface area contributed by atoms with E-state index in [4.69, 9.17) is 10.5 Å². The van der Waals surface area contributed by atoms with Crippen LogP contribution in [0.15, 0.2) is 0 Å². The number of hydrogen-bond donors (Lipinski definition) is 2. The molecule has 0 aromatic carbocycles. The number of hydrogen-bond acceptors (Lipinski definition) is 5. The Hall–Kier alpha value is -1.43. The van der Waals surface area contributed by atoms with E-state index in [0.29, 0.717) is 22.4 Å². The third kappa shape index (κ3) is 3.10. The molecule has 1 saturated carbocycles. The summed E-state index contributed by atoms with van der Waals surface area (Å²) in [5.74, 6) is 0.636. The Kier molecular flexibility index (Phi) is 3.97. The number of nitrogen functional groups attached to an aromatic ring is 1. The fourth-order valence-electron chi connectivity index (χ4n) is 2.54. The number of carbonyl (C=O) groups is 1. The van der Waals surface area contributed by atoms with Crippen molar-refractivity contribution in [3.8, 4) is 5.75 Å². The molecule has 1 aliphatic carbocycles. The van der Waals surface area contributed by atoms with E-state index in [1.54, 1.807) is 0 Å². The minimum atomic E-state index is -0.0564. The molecule has 21 heavy (non-hydrogen) atoms. The Morgan fingerprint density at radius 1 is 1.38 bits per heavy atom. The molecule has 3 rings (SSSR count). The van der Waals surface area contributed by atoms with Crippen LogP contribution < -0.4 is 20.7 Å². The summed E-state index contributed by atoms with van der Waals surface area (Å²) in [4.78, 5) is 15.2. The lowest BCUT2D eigenvalue weighted by atomic mass is 10.3. The average Bonchev–Trinajstić information content (AvgIpc) is 2.97. The van der Waals surface area contributed by atoms with Crippen molar-refractivity contribution in [2.45, 2.75) is 51.7 Å². The molecular weight excluding hydrogens is 286 g/mol. The van der Waals surface area contributed by atoms with Crippen molar-refractivity contribution in [1.29, 1.82) is 0 Å². The van der Waals surface area contributed by atoms with E-state index in [-0.39, 0.29) is 12.0 Å². The quantitative estimate of drug-likeness (QED) is 0.877. The standard InChI is InChI=1S/C15H23N3O2S/c1-9(2)20-12-11(16)13(14(19)17-10-5-6-10)21-15(12)18-7-3-4-8-18/h9-10H,3-8,16H2,1-2H3,(H,17,19).